The molecule has 0 saturated carbocycles. The Balaban J connectivity index is 1.60. The van der Waals surface area contributed by atoms with Gasteiger partial charge in [0.2, 0.25) is 5.91 Å². The van der Waals surface area contributed by atoms with Crippen LogP contribution in [0.2, 0.25) is 5.02 Å². The number of hydrogen-bond acceptors (Lipinski definition) is 5. The first kappa shape index (κ1) is 24.1. The lowest BCUT2D eigenvalue weighted by atomic mass is 9.97. The molecule has 7 heteroatoms. The predicted molar refractivity (Wildman–Crippen MR) is 138 cm³/mol. The molecule has 1 aliphatic rings. The molecule has 5 nitrogen and oxygen atoms in total. The van der Waals surface area contributed by atoms with Gasteiger partial charge in [0.15, 0.2) is 5.13 Å². The van der Waals surface area contributed by atoms with Crippen LogP contribution >= 0.6 is 22.9 Å². The maximum Gasteiger partial charge on any atom is 0.233 e. The second-order valence-corrected chi connectivity index (χ2v) is 10.3. The lowest BCUT2D eigenvalue weighted by molar-refractivity contribution is -0.118. The molecule has 0 atom stereocenters. The van der Waals surface area contributed by atoms with Gasteiger partial charge in [-0.1, -0.05) is 46.7 Å². The van der Waals surface area contributed by atoms with Crippen LogP contribution in [0.25, 0.3) is 10.2 Å². The van der Waals surface area contributed by atoms with E-state index < -0.39 is 0 Å². The molecule has 1 fully saturated rings. The Bertz CT molecular complexity index is 1090. The molecule has 0 spiro atoms. The summed E-state index contributed by atoms with van der Waals surface area (Å²) in [7, 11) is 0. The number of morpholine rings is 1. The zero-order valence-corrected chi connectivity index (χ0v) is 21.5. The van der Waals surface area contributed by atoms with Crippen LogP contribution < -0.4 is 4.90 Å². The fourth-order valence-electron chi connectivity index (χ4n) is 4.55. The van der Waals surface area contributed by atoms with Crippen LogP contribution in [-0.2, 0) is 16.0 Å². The van der Waals surface area contributed by atoms with E-state index in [0.717, 1.165) is 76.9 Å². The molecule has 1 amide bonds. The molecule has 0 radical (unpaired) electrons. The highest BCUT2D eigenvalue weighted by molar-refractivity contribution is 7.23. The second-order valence-electron chi connectivity index (χ2n) is 8.95. The third kappa shape index (κ3) is 5.57. The maximum absolute atomic E-state index is 13.7. The minimum Gasteiger partial charge on any atom is -0.379 e. The van der Waals surface area contributed by atoms with E-state index in [1.807, 2.05) is 24.0 Å². The van der Waals surface area contributed by atoms with Crippen LogP contribution in [0.5, 0.6) is 0 Å². The number of fused-ring (bicyclic) bond motifs is 1. The Hall–Kier alpha value is -1.99. The summed E-state index contributed by atoms with van der Waals surface area (Å²) in [4.78, 5) is 22.8. The summed E-state index contributed by atoms with van der Waals surface area (Å²) < 4.78 is 6.41. The monoisotopic (exact) mass is 485 g/mol. The maximum atomic E-state index is 13.7. The molecule has 0 bridgehead atoms. The minimum atomic E-state index is 0.0832. The molecule has 33 heavy (non-hydrogen) atoms. The van der Waals surface area contributed by atoms with Gasteiger partial charge in [-0.3, -0.25) is 14.6 Å². The highest BCUT2D eigenvalue weighted by Gasteiger charge is 2.23. The normalized spacial score (nSPS) is 14.7. The molecule has 2 aromatic carbocycles. The number of rotatable bonds is 7. The van der Waals surface area contributed by atoms with Crippen molar-refractivity contribution in [3.8, 4) is 0 Å². The highest BCUT2D eigenvalue weighted by atomic mass is 35.5. The van der Waals surface area contributed by atoms with Gasteiger partial charge in [0.1, 0.15) is 0 Å². The van der Waals surface area contributed by atoms with Crippen LogP contribution in [0.3, 0.4) is 0 Å². The smallest absolute Gasteiger partial charge is 0.233 e. The van der Waals surface area contributed by atoms with Gasteiger partial charge in [0, 0.05) is 26.2 Å². The van der Waals surface area contributed by atoms with Crippen molar-refractivity contribution in [2.45, 2.75) is 40.5 Å². The summed E-state index contributed by atoms with van der Waals surface area (Å²) in [6.45, 7) is 13.4. The molecule has 176 valence electrons. The summed E-state index contributed by atoms with van der Waals surface area (Å²) in [5.74, 6) is 0.0832. The molecule has 3 aromatic rings. The molecule has 1 aromatic heterocycles. The number of halogens is 1. The fourth-order valence-corrected chi connectivity index (χ4v) is 5.91. The van der Waals surface area contributed by atoms with E-state index in [9.17, 15) is 4.79 Å². The molecule has 0 aliphatic carbocycles. The Morgan fingerprint density at radius 2 is 1.82 bits per heavy atom. The number of anilines is 1. The van der Waals surface area contributed by atoms with E-state index in [4.69, 9.17) is 21.3 Å². The van der Waals surface area contributed by atoms with Crippen LogP contribution in [0.15, 0.2) is 24.3 Å². The van der Waals surface area contributed by atoms with E-state index >= 15 is 0 Å². The number of benzene rings is 2. The number of carbonyl (C=O) groups is 1. The fraction of sp³-hybridized carbons (Fsp3) is 0.462. The summed E-state index contributed by atoms with van der Waals surface area (Å²) in [5, 5.41) is 1.42. The zero-order valence-electron chi connectivity index (χ0n) is 19.9. The first-order valence-electron chi connectivity index (χ1n) is 11.6. The molecular weight excluding hydrogens is 454 g/mol. The van der Waals surface area contributed by atoms with Gasteiger partial charge < -0.3 is 4.74 Å². The summed E-state index contributed by atoms with van der Waals surface area (Å²) >= 11 is 7.98. The van der Waals surface area contributed by atoms with Crippen molar-refractivity contribution in [1.29, 1.82) is 0 Å². The topological polar surface area (TPSA) is 45.7 Å². The van der Waals surface area contributed by atoms with Crippen LogP contribution in [0, 0.1) is 27.7 Å². The van der Waals surface area contributed by atoms with Crippen molar-refractivity contribution < 1.29 is 9.53 Å². The average Bonchev–Trinajstić information content (AvgIpc) is 3.23. The number of nitrogens with zero attached hydrogens (tertiary/aromatic N) is 3. The average molecular weight is 486 g/mol. The van der Waals surface area contributed by atoms with Crippen molar-refractivity contribution in [3.05, 3.63) is 57.1 Å². The number of carbonyl (C=O) groups excluding carboxylic acids is 1. The third-order valence-electron chi connectivity index (χ3n) is 6.35. The number of amides is 1. The number of aryl methyl sites for hydroxylation is 4. The Labute approximate surface area is 205 Å². The van der Waals surface area contributed by atoms with Gasteiger partial charge in [-0.25, -0.2) is 4.98 Å². The zero-order chi connectivity index (χ0) is 23.5. The predicted octanol–water partition coefficient (Wildman–Crippen LogP) is 5.48. The van der Waals surface area contributed by atoms with Crippen LogP contribution in [0.4, 0.5) is 5.13 Å². The van der Waals surface area contributed by atoms with Gasteiger partial charge in [-0.2, -0.15) is 0 Å². The van der Waals surface area contributed by atoms with Crippen molar-refractivity contribution in [2.75, 3.05) is 44.3 Å². The Morgan fingerprint density at radius 3 is 2.48 bits per heavy atom. The molecular formula is C26H32ClN3O2S. The number of aromatic nitrogens is 1. The molecule has 1 saturated heterocycles. The Kier molecular flexibility index (Phi) is 7.69. The summed E-state index contributed by atoms with van der Waals surface area (Å²) in [6.07, 6.45) is 1.26. The first-order chi connectivity index (χ1) is 15.8. The van der Waals surface area contributed by atoms with Crippen molar-refractivity contribution in [3.63, 3.8) is 0 Å². The van der Waals surface area contributed by atoms with Crippen molar-refractivity contribution >= 4 is 44.2 Å². The lowest BCUT2D eigenvalue weighted by Crippen LogP contribution is -2.39. The second kappa shape index (κ2) is 10.5. The molecule has 4 rings (SSSR count). The van der Waals surface area contributed by atoms with Gasteiger partial charge in [0.25, 0.3) is 0 Å². The largest absolute Gasteiger partial charge is 0.379 e. The molecule has 1 aliphatic heterocycles. The summed E-state index contributed by atoms with van der Waals surface area (Å²) in [5.41, 5.74) is 6.62. The van der Waals surface area contributed by atoms with Crippen LogP contribution in [0.1, 0.15) is 34.2 Å². The third-order valence-corrected chi connectivity index (χ3v) is 7.88. The number of thiazole rings is 1. The van der Waals surface area contributed by atoms with Gasteiger partial charge >= 0.3 is 0 Å². The quantitative estimate of drug-likeness (QED) is 0.444. The van der Waals surface area contributed by atoms with E-state index in [1.54, 1.807) is 0 Å². The Morgan fingerprint density at radius 1 is 1.12 bits per heavy atom. The lowest BCUT2D eigenvalue weighted by Gasteiger charge is -2.28. The van der Waals surface area contributed by atoms with Crippen molar-refractivity contribution in [2.24, 2.45) is 0 Å². The van der Waals surface area contributed by atoms with E-state index in [0.29, 0.717) is 18.0 Å². The number of hydrogen-bond donors (Lipinski definition) is 0. The van der Waals surface area contributed by atoms with Gasteiger partial charge in [0.05, 0.1) is 34.9 Å². The SMILES string of the molecule is Cc1cc(C)c(CC(=O)N(CCCN2CCOCC2)c2nc3c(C)ccc(Cl)c3s2)c(C)c1. The molecule has 0 unspecified atom stereocenters. The number of ether oxygens (including phenoxy) is 1. The van der Waals surface area contributed by atoms with E-state index in [1.165, 1.54) is 16.9 Å². The minimum absolute atomic E-state index is 0.0832. The highest BCUT2D eigenvalue weighted by Crippen LogP contribution is 2.36. The van der Waals surface area contributed by atoms with E-state index in [-0.39, 0.29) is 5.91 Å². The van der Waals surface area contributed by atoms with E-state index in [2.05, 4.69) is 37.8 Å². The van der Waals surface area contributed by atoms with Crippen LogP contribution in [-0.4, -0.2) is 55.2 Å². The summed E-state index contributed by atoms with van der Waals surface area (Å²) in [6, 6.07) is 8.20. The van der Waals surface area contributed by atoms with Gasteiger partial charge in [-0.05, 0) is 62.4 Å². The first-order valence-corrected chi connectivity index (χ1v) is 12.8. The molecule has 2 heterocycles. The molecule has 0 N–H and O–H groups in total. The van der Waals surface area contributed by atoms with Crippen molar-refractivity contribution in [1.82, 2.24) is 9.88 Å². The van der Waals surface area contributed by atoms with Gasteiger partial charge in [-0.15, -0.1) is 0 Å². The standard InChI is InChI=1S/C26H32ClN3O2S/c1-17-14-19(3)21(20(4)15-17)16-23(31)30(9-5-8-29-10-12-32-13-11-29)26-28-24-18(2)6-7-22(27)25(24)33-26/h6-7,14-15H,5,8-13,16H2,1-4H3.